The average molecular weight is 272 g/mol. The van der Waals surface area contributed by atoms with E-state index in [0.29, 0.717) is 17.8 Å². The van der Waals surface area contributed by atoms with Crippen molar-refractivity contribution in [2.45, 2.75) is 38.9 Å². The number of carbonyl (C=O) groups excluding carboxylic acids is 1. The first-order valence-electron chi connectivity index (χ1n) is 6.40. The smallest absolute Gasteiger partial charge is 0.333 e. The summed E-state index contributed by atoms with van der Waals surface area (Å²) in [6.07, 6.45) is 2.12. The molecule has 1 aliphatic rings. The molecule has 2 atom stereocenters. The van der Waals surface area contributed by atoms with Crippen LogP contribution in [-0.4, -0.2) is 45.8 Å². The Balaban J connectivity index is 2.16. The summed E-state index contributed by atoms with van der Waals surface area (Å²) in [4.78, 5) is 13.9. The van der Waals surface area contributed by atoms with Crippen LogP contribution < -0.4 is 5.32 Å². The molecule has 106 valence electrons. The fraction of sp³-hybridized carbons (Fsp3) is 0.667. The molecule has 1 fully saturated rings. The molecule has 1 amide bonds. The second kappa shape index (κ2) is 5.64. The number of nitrogens with one attached hydrogen (secondary N) is 1. The number of nitrogens with zero attached hydrogens (tertiary/aromatic N) is 3. The minimum Gasteiger partial charge on any atom is -0.334 e. The first-order chi connectivity index (χ1) is 9.02. The van der Waals surface area contributed by atoms with Crippen molar-refractivity contribution in [2.75, 3.05) is 13.1 Å². The molecule has 1 aliphatic heterocycles. The van der Waals surface area contributed by atoms with Crippen molar-refractivity contribution < 1.29 is 13.6 Å². The highest BCUT2D eigenvalue weighted by atomic mass is 19.3. The summed E-state index contributed by atoms with van der Waals surface area (Å²) in [6, 6.07) is 1.70. The second-order valence-electron chi connectivity index (χ2n) is 4.82. The molecule has 5 nitrogen and oxygen atoms in total. The molecule has 2 heterocycles. The normalized spacial score (nSPS) is 23.9. The highest BCUT2D eigenvalue weighted by Gasteiger charge is 2.29. The van der Waals surface area contributed by atoms with Crippen LogP contribution in [0.5, 0.6) is 0 Å². The summed E-state index contributed by atoms with van der Waals surface area (Å²) >= 11 is 0. The van der Waals surface area contributed by atoms with Crippen LogP contribution in [0.25, 0.3) is 0 Å². The van der Waals surface area contributed by atoms with Gasteiger partial charge in [0.25, 0.3) is 5.91 Å². The Morgan fingerprint density at radius 1 is 1.58 bits per heavy atom. The number of amides is 1. The molecule has 1 saturated heterocycles. The lowest BCUT2D eigenvalue weighted by Crippen LogP contribution is -2.56. The molecular formula is C12H18F2N4O. The predicted octanol–water partition coefficient (Wildman–Crippen LogP) is 1.49. The van der Waals surface area contributed by atoms with E-state index in [9.17, 15) is 13.6 Å². The Morgan fingerprint density at radius 2 is 2.32 bits per heavy atom. The standard InChI is InChI=1S/C12H18F2N4O/c1-3-9-7-17(6-8(2)16-9)11(19)10-4-5-15-18(10)12(13)14/h4-5,8-9,12,16H,3,6-7H2,1-2H3/t8-,9+/m0/s1. The van der Waals surface area contributed by atoms with Crippen molar-refractivity contribution in [3.8, 4) is 0 Å². The molecular weight excluding hydrogens is 254 g/mol. The van der Waals surface area contributed by atoms with Gasteiger partial charge in [-0.25, -0.2) is 0 Å². The Kier molecular flexibility index (Phi) is 4.14. The quantitative estimate of drug-likeness (QED) is 0.907. The summed E-state index contributed by atoms with van der Waals surface area (Å²) in [5.74, 6) is -0.385. The van der Waals surface area contributed by atoms with Gasteiger partial charge in [0.1, 0.15) is 5.69 Å². The van der Waals surface area contributed by atoms with Gasteiger partial charge in [-0.1, -0.05) is 6.92 Å². The van der Waals surface area contributed by atoms with E-state index in [1.807, 2.05) is 13.8 Å². The van der Waals surface area contributed by atoms with E-state index in [1.54, 1.807) is 4.90 Å². The van der Waals surface area contributed by atoms with Gasteiger partial charge in [0.2, 0.25) is 0 Å². The zero-order valence-electron chi connectivity index (χ0n) is 11.0. The third-order valence-corrected chi connectivity index (χ3v) is 3.31. The van der Waals surface area contributed by atoms with Crippen LogP contribution in [-0.2, 0) is 0 Å². The number of halogens is 2. The Morgan fingerprint density at radius 3 is 2.95 bits per heavy atom. The molecule has 1 aromatic rings. The van der Waals surface area contributed by atoms with Crippen LogP contribution in [0.1, 0.15) is 37.3 Å². The van der Waals surface area contributed by atoms with Crippen molar-refractivity contribution in [3.05, 3.63) is 18.0 Å². The fourth-order valence-electron chi connectivity index (χ4n) is 2.39. The maximum absolute atomic E-state index is 12.7. The van der Waals surface area contributed by atoms with Gasteiger partial charge >= 0.3 is 6.55 Å². The Hall–Kier alpha value is -1.50. The second-order valence-corrected chi connectivity index (χ2v) is 4.82. The Bertz CT molecular complexity index is 449. The first-order valence-corrected chi connectivity index (χ1v) is 6.40. The number of hydrogen-bond donors (Lipinski definition) is 1. The largest absolute Gasteiger partial charge is 0.334 e. The van der Waals surface area contributed by atoms with E-state index in [1.165, 1.54) is 12.3 Å². The molecule has 0 radical (unpaired) electrons. The van der Waals surface area contributed by atoms with Crippen LogP contribution >= 0.6 is 0 Å². The SMILES string of the molecule is CC[C@@H]1CN(C(=O)c2ccnn2C(F)F)C[C@H](C)N1. The van der Waals surface area contributed by atoms with Crippen molar-refractivity contribution >= 4 is 5.91 Å². The van der Waals surface area contributed by atoms with Crippen LogP contribution in [0.2, 0.25) is 0 Å². The van der Waals surface area contributed by atoms with Crippen LogP contribution in [0.3, 0.4) is 0 Å². The lowest BCUT2D eigenvalue weighted by atomic mass is 10.1. The van der Waals surface area contributed by atoms with Crippen molar-refractivity contribution in [2.24, 2.45) is 0 Å². The van der Waals surface area contributed by atoms with Gasteiger partial charge in [-0.05, 0) is 19.4 Å². The van der Waals surface area contributed by atoms with E-state index >= 15 is 0 Å². The number of alkyl halides is 2. The molecule has 0 aliphatic carbocycles. The molecule has 7 heteroatoms. The van der Waals surface area contributed by atoms with Crippen molar-refractivity contribution in [3.63, 3.8) is 0 Å². The highest BCUT2D eigenvalue weighted by Crippen LogP contribution is 2.16. The Labute approximate surface area is 110 Å². The van der Waals surface area contributed by atoms with Gasteiger partial charge in [0, 0.05) is 31.4 Å². The first kappa shape index (κ1) is 13.9. The monoisotopic (exact) mass is 272 g/mol. The lowest BCUT2D eigenvalue weighted by molar-refractivity contribution is 0.0435. The van der Waals surface area contributed by atoms with Gasteiger partial charge in [-0.2, -0.15) is 18.6 Å². The summed E-state index contributed by atoms with van der Waals surface area (Å²) in [6.45, 7) is 2.27. The highest BCUT2D eigenvalue weighted by molar-refractivity contribution is 5.92. The van der Waals surface area contributed by atoms with Crippen LogP contribution in [0.15, 0.2) is 12.3 Å². The van der Waals surface area contributed by atoms with Gasteiger partial charge < -0.3 is 10.2 Å². The third kappa shape index (κ3) is 2.91. The van der Waals surface area contributed by atoms with Crippen molar-refractivity contribution in [1.29, 1.82) is 0 Å². The number of hydrogen-bond acceptors (Lipinski definition) is 3. The molecule has 0 saturated carbocycles. The van der Waals surface area contributed by atoms with E-state index < -0.39 is 6.55 Å². The zero-order valence-corrected chi connectivity index (χ0v) is 11.0. The third-order valence-electron chi connectivity index (χ3n) is 3.31. The molecule has 1 aromatic heterocycles. The average Bonchev–Trinajstić information content (AvgIpc) is 2.86. The molecule has 0 spiro atoms. The molecule has 0 aromatic carbocycles. The van der Waals surface area contributed by atoms with Gasteiger partial charge in [0.15, 0.2) is 0 Å². The molecule has 0 bridgehead atoms. The van der Waals surface area contributed by atoms with E-state index in [-0.39, 0.29) is 23.7 Å². The summed E-state index contributed by atoms with van der Waals surface area (Å²) < 4.78 is 25.9. The van der Waals surface area contributed by atoms with Gasteiger partial charge in [0.05, 0.1) is 0 Å². The zero-order chi connectivity index (χ0) is 14.0. The number of piperazine rings is 1. The topological polar surface area (TPSA) is 50.2 Å². The molecule has 1 N–H and O–H groups in total. The minimum absolute atomic E-state index is 0.0565. The van der Waals surface area contributed by atoms with Gasteiger partial charge in [-0.3, -0.25) is 4.79 Å². The van der Waals surface area contributed by atoms with Crippen LogP contribution in [0, 0.1) is 0 Å². The van der Waals surface area contributed by atoms with Crippen LogP contribution in [0.4, 0.5) is 8.78 Å². The molecule has 0 unspecified atom stereocenters. The van der Waals surface area contributed by atoms with E-state index in [4.69, 9.17) is 0 Å². The lowest BCUT2D eigenvalue weighted by Gasteiger charge is -2.37. The molecule has 2 rings (SSSR count). The predicted molar refractivity (Wildman–Crippen MR) is 66.1 cm³/mol. The maximum atomic E-state index is 12.7. The summed E-state index contributed by atoms with van der Waals surface area (Å²) in [5.41, 5.74) is -0.0565. The summed E-state index contributed by atoms with van der Waals surface area (Å²) in [5, 5.41) is 6.86. The summed E-state index contributed by atoms with van der Waals surface area (Å²) in [7, 11) is 0. The number of rotatable bonds is 3. The van der Waals surface area contributed by atoms with E-state index in [0.717, 1.165) is 6.42 Å². The number of aromatic nitrogens is 2. The minimum atomic E-state index is -2.80. The van der Waals surface area contributed by atoms with Crippen molar-refractivity contribution in [1.82, 2.24) is 20.0 Å². The fourth-order valence-corrected chi connectivity index (χ4v) is 2.39. The maximum Gasteiger partial charge on any atom is 0.333 e. The molecule has 19 heavy (non-hydrogen) atoms. The van der Waals surface area contributed by atoms with Gasteiger partial charge in [-0.15, -0.1) is 0 Å². The number of carbonyl (C=O) groups is 1. The van der Waals surface area contributed by atoms with E-state index in [2.05, 4.69) is 10.4 Å².